The molecular weight excluding hydrogens is 276 g/mol. The van der Waals surface area contributed by atoms with E-state index in [0.717, 1.165) is 0 Å². The number of esters is 2. The minimum absolute atomic E-state index is 0.265. The highest BCUT2D eigenvalue weighted by Crippen LogP contribution is 2.14. The van der Waals surface area contributed by atoms with Gasteiger partial charge in [-0.3, -0.25) is 0 Å². The first kappa shape index (κ1) is 14.6. The lowest BCUT2D eigenvalue weighted by Gasteiger charge is -2.08. The number of rotatable bonds is 4. The molecule has 0 unspecified atom stereocenters. The van der Waals surface area contributed by atoms with Gasteiger partial charge in [-0.25, -0.2) is 14.3 Å². The topological polar surface area (TPSA) is 96.2 Å². The maximum Gasteiger partial charge on any atom is 0.337 e. The number of hydrogen-bond acceptors (Lipinski definition) is 7. The molecule has 0 spiro atoms. The van der Waals surface area contributed by atoms with Crippen LogP contribution < -0.4 is 0 Å². The number of ether oxygens (including phenoxy) is 2. The quantitative estimate of drug-likeness (QED) is 0.761. The lowest BCUT2D eigenvalue weighted by atomic mass is 10.1. The molecule has 1 aromatic carbocycles. The molecule has 0 aliphatic carbocycles. The maximum atomic E-state index is 11.7. The second-order valence-electron chi connectivity index (χ2n) is 4.29. The number of aryl methyl sites for hydroxylation is 1. The first-order valence-electron chi connectivity index (χ1n) is 6.08. The molecule has 0 aliphatic heterocycles. The normalized spacial score (nSPS) is 10.2. The summed E-state index contributed by atoms with van der Waals surface area (Å²) in [4.78, 5) is 23.4. The first-order valence-corrected chi connectivity index (χ1v) is 6.08. The van der Waals surface area contributed by atoms with Crippen molar-refractivity contribution in [3.8, 4) is 0 Å². The molecular formula is C13H14N4O4. The number of hydrogen-bond donors (Lipinski definition) is 0. The summed E-state index contributed by atoms with van der Waals surface area (Å²) in [6.07, 6.45) is 0. The number of methoxy groups -OCH3 is 2. The highest BCUT2D eigenvalue weighted by Gasteiger charge is 2.14. The van der Waals surface area contributed by atoms with E-state index in [0.29, 0.717) is 17.9 Å². The van der Waals surface area contributed by atoms with Gasteiger partial charge in [0.2, 0.25) is 0 Å². The van der Waals surface area contributed by atoms with Crippen LogP contribution in [0, 0.1) is 6.92 Å². The molecule has 8 heteroatoms. The Morgan fingerprint density at radius 3 is 2.10 bits per heavy atom. The molecule has 110 valence electrons. The Morgan fingerprint density at radius 2 is 1.67 bits per heavy atom. The maximum absolute atomic E-state index is 11.7. The van der Waals surface area contributed by atoms with Gasteiger partial charge in [-0.15, -0.1) is 5.10 Å². The smallest absolute Gasteiger partial charge is 0.337 e. The number of benzene rings is 1. The summed E-state index contributed by atoms with van der Waals surface area (Å²) in [5.41, 5.74) is 1.22. The Hall–Kier alpha value is -2.77. The van der Waals surface area contributed by atoms with Gasteiger partial charge in [0.05, 0.1) is 31.9 Å². The van der Waals surface area contributed by atoms with Gasteiger partial charge in [-0.05, 0) is 41.1 Å². The fourth-order valence-electron chi connectivity index (χ4n) is 1.82. The number of carbonyl (C=O) groups excluding carboxylic acids is 2. The van der Waals surface area contributed by atoms with Crippen molar-refractivity contribution >= 4 is 11.9 Å². The van der Waals surface area contributed by atoms with E-state index in [4.69, 9.17) is 0 Å². The van der Waals surface area contributed by atoms with Crippen molar-refractivity contribution in [2.75, 3.05) is 14.2 Å². The molecule has 2 aromatic rings. The highest BCUT2D eigenvalue weighted by atomic mass is 16.5. The minimum atomic E-state index is -0.532. The first-order chi connectivity index (χ1) is 10.0. The Labute approximate surface area is 120 Å². The molecule has 0 saturated carbocycles. The van der Waals surface area contributed by atoms with Crippen LogP contribution in [0.2, 0.25) is 0 Å². The molecule has 0 N–H and O–H groups in total. The SMILES string of the molecule is COC(=O)c1cc(Cn2nnnc2C)cc(C(=O)OC)c1. The van der Waals surface area contributed by atoms with E-state index < -0.39 is 11.9 Å². The zero-order valence-corrected chi connectivity index (χ0v) is 11.9. The number of aromatic nitrogens is 4. The van der Waals surface area contributed by atoms with Crippen molar-refractivity contribution in [3.63, 3.8) is 0 Å². The summed E-state index contributed by atoms with van der Waals surface area (Å²) in [5.74, 6) is -0.441. The fraction of sp³-hybridized carbons (Fsp3) is 0.308. The zero-order chi connectivity index (χ0) is 15.4. The second-order valence-corrected chi connectivity index (χ2v) is 4.29. The molecule has 21 heavy (non-hydrogen) atoms. The molecule has 0 fully saturated rings. The molecule has 2 rings (SSSR count). The van der Waals surface area contributed by atoms with Gasteiger partial charge >= 0.3 is 11.9 Å². The van der Waals surface area contributed by atoms with Gasteiger partial charge < -0.3 is 9.47 Å². The van der Waals surface area contributed by atoms with Gasteiger partial charge in [0.25, 0.3) is 0 Å². The van der Waals surface area contributed by atoms with Crippen LogP contribution in [0.3, 0.4) is 0 Å². The van der Waals surface area contributed by atoms with E-state index in [1.54, 1.807) is 23.7 Å². The standard InChI is InChI=1S/C13H14N4O4/c1-8-14-15-16-17(8)7-9-4-10(12(18)20-2)6-11(5-9)13(19)21-3/h4-6H,7H2,1-3H3. The third kappa shape index (κ3) is 3.22. The predicted molar refractivity (Wildman–Crippen MR) is 70.8 cm³/mol. The Balaban J connectivity index is 2.42. The number of carbonyl (C=O) groups is 2. The molecule has 0 atom stereocenters. The molecule has 0 aliphatic rings. The summed E-state index contributed by atoms with van der Waals surface area (Å²) in [7, 11) is 2.55. The molecule has 0 amide bonds. The van der Waals surface area contributed by atoms with Crippen molar-refractivity contribution in [3.05, 3.63) is 40.7 Å². The van der Waals surface area contributed by atoms with E-state index in [-0.39, 0.29) is 11.1 Å². The third-order valence-corrected chi connectivity index (χ3v) is 2.88. The average Bonchev–Trinajstić information content (AvgIpc) is 2.90. The van der Waals surface area contributed by atoms with Crippen LogP contribution in [0.4, 0.5) is 0 Å². The van der Waals surface area contributed by atoms with E-state index in [9.17, 15) is 9.59 Å². The van der Waals surface area contributed by atoms with E-state index in [1.807, 2.05) is 0 Å². The summed E-state index contributed by atoms with van der Waals surface area (Å²) >= 11 is 0. The van der Waals surface area contributed by atoms with E-state index >= 15 is 0 Å². The lowest BCUT2D eigenvalue weighted by Crippen LogP contribution is -2.10. The summed E-state index contributed by atoms with van der Waals surface area (Å²) in [6, 6.07) is 4.67. The molecule has 0 saturated heterocycles. The Kier molecular flexibility index (Phi) is 4.27. The largest absolute Gasteiger partial charge is 0.465 e. The van der Waals surface area contributed by atoms with Crippen LogP contribution in [0.1, 0.15) is 32.1 Å². The summed E-state index contributed by atoms with van der Waals surface area (Å²) in [5, 5.41) is 11.1. The molecule has 1 heterocycles. The summed E-state index contributed by atoms with van der Waals surface area (Å²) in [6.45, 7) is 2.08. The van der Waals surface area contributed by atoms with Crippen LogP contribution in [0.15, 0.2) is 18.2 Å². The van der Waals surface area contributed by atoms with Gasteiger partial charge in [0, 0.05) is 0 Å². The van der Waals surface area contributed by atoms with Crippen molar-refractivity contribution in [1.29, 1.82) is 0 Å². The zero-order valence-electron chi connectivity index (χ0n) is 11.9. The number of tetrazole rings is 1. The monoisotopic (exact) mass is 290 g/mol. The Morgan fingerprint density at radius 1 is 1.10 bits per heavy atom. The average molecular weight is 290 g/mol. The second kappa shape index (κ2) is 6.12. The van der Waals surface area contributed by atoms with Crippen LogP contribution >= 0.6 is 0 Å². The van der Waals surface area contributed by atoms with Gasteiger partial charge in [0.15, 0.2) is 0 Å². The van der Waals surface area contributed by atoms with Crippen molar-refractivity contribution in [2.45, 2.75) is 13.5 Å². The van der Waals surface area contributed by atoms with E-state index in [1.165, 1.54) is 20.3 Å². The highest BCUT2D eigenvalue weighted by molar-refractivity contribution is 5.95. The third-order valence-electron chi connectivity index (χ3n) is 2.88. The number of nitrogens with zero attached hydrogens (tertiary/aromatic N) is 4. The van der Waals surface area contributed by atoms with Crippen LogP contribution in [-0.2, 0) is 16.0 Å². The minimum Gasteiger partial charge on any atom is -0.465 e. The van der Waals surface area contributed by atoms with Gasteiger partial charge in [-0.1, -0.05) is 0 Å². The van der Waals surface area contributed by atoms with Crippen LogP contribution in [0.5, 0.6) is 0 Å². The molecule has 1 aromatic heterocycles. The molecule has 0 radical (unpaired) electrons. The van der Waals surface area contributed by atoms with Gasteiger partial charge in [0.1, 0.15) is 5.82 Å². The van der Waals surface area contributed by atoms with Crippen LogP contribution in [0.25, 0.3) is 0 Å². The lowest BCUT2D eigenvalue weighted by molar-refractivity contribution is 0.0599. The van der Waals surface area contributed by atoms with Crippen molar-refractivity contribution in [1.82, 2.24) is 20.2 Å². The molecule has 0 bridgehead atoms. The fourth-order valence-corrected chi connectivity index (χ4v) is 1.82. The Bertz CT molecular complexity index is 646. The van der Waals surface area contributed by atoms with Crippen molar-refractivity contribution < 1.29 is 19.1 Å². The van der Waals surface area contributed by atoms with E-state index in [2.05, 4.69) is 25.0 Å². The van der Waals surface area contributed by atoms with Crippen LogP contribution in [-0.4, -0.2) is 46.4 Å². The summed E-state index contributed by atoms with van der Waals surface area (Å²) < 4.78 is 10.9. The van der Waals surface area contributed by atoms with Crippen molar-refractivity contribution in [2.24, 2.45) is 0 Å². The molecule has 8 nitrogen and oxygen atoms in total. The van der Waals surface area contributed by atoms with Gasteiger partial charge in [-0.2, -0.15) is 0 Å². The predicted octanol–water partition coefficient (Wildman–Crippen LogP) is 0.603.